The van der Waals surface area contributed by atoms with E-state index in [1.165, 1.54) is 28.0 Å². The van der Waals surface area contributed by atoms with Gasteiger partial charge in [0.2, 0.25) is 5.13 Å². The first-order valence-corrected chi connectivity index (χ1v) is 16.8. The Morgan fingerprint density at radius 1 is 1.02 bits per heavy atom. The molecule has 1 amide bonds. The van der Waals surface area contributed by atoms with Gasteiger partial charge in [0.1, 0.15) is 18.1 Å². The number of ether oxygens (including phenoxy) is 3. The van der Waals surface area contributed by atoms with Crippen LogP contribution in [0.4, 0.5) is 5.13 Å². The van der Waals surface area contributed by atoms with Crippen LogP contribution in [0, 0.1) is 0 Å². The van der Waals surface area contributed by atoms with Gasteiger partial charge in [-0.15, -0.1) is 10.2 Å². The SMILES string of the molecule is C=CCOc1ccc(C2C(=C(O)c3ccc(OCCC)cc3)C(=O)C(=O)N2c2nnc(SCc3ccc(Cl)cc3)s2)cc1OCC. The van der Waals surface area contributed by atoms with Crippen LogP contribution in [-0.2, 0) is 15.3 Å². The monoisotopic (exact) mass is 677 g/mol. The molecule has 9 nitrogen and oxygen atoms in total. The number of halogens is 1. The van der Waals surface area contributed by atoms with Crippen LogP contribution in [0.1, 0.15) is 43.0 Å². The Bertz CT molecular complexity index is 1740. The fourth-order valence-corrected chi connectivity index (χ4v) is 6.69. The van der Waals surface area contributed by atoms with E-state index in [0.717, 1.165) is 12.0 Å². The van der Waals surface area contributed by atoms with Crippen LogP contribution in [-0.4, -0.2) is 46.8 Å². The Kier molecular flexibility index (Phi) is 11.0. The molecule has 0 bridgehead atoms. The molecule has 1 atom stereocenters. The molecule has 4 aromatic rings. The van der Waals surface area contributed by atoms with Gasteiger partial charge in [-0.1, -0.05) is 72.5 Å². The first-order chi connectivity index (χ1) is 22.3. The lowest BCUT2D eigenvalue weighted by Gasteiger charge is -2.23. The van der Waals surface area contributed by atoms with Crippen molar-refractivity contribution in [2.45, 2.75) is 36.4 Å². The number of rotatable bonds is 14. The van der Waals surface area contributed by atoms with Gasteiger partial charge < -0.3 is 19.3 Å². The summed E-state index contributed by atoms with van der Waals surface area (Å²) < 4.78 is 17.9. The van der Waals surface area contributed by atoms with Crippen LogP contribution in [0.25, 0.3) is 5.76 Å². The van der Waals surface area contributed by atoms with Crippen molar-refractivity contribution >= 4 is 57.3 Å². The number of aromatic nitrogens is 2. The molecule has 12 heteroatoms. The third kappa shape index (κ3) is 7.38. The molecule has 1 saturated heterocycles. The van der Waals surface area contributed by atoms with Crippen molar-refractivity contribution in [2.75, 3.05) is 24.7 Å². The zero-order chi connectivity index (χ0) is 32.6. The quantitative estimate of drug-likeness (QED) is 0.0356. The van der Waals surface area contributed by atoms with Crippen LogP contribution < -0.4 is 19.1 Å². The Hall–Kier alpha value is -4.32. The number of carbonyl (C=O) groups is 2. The molecule has 0 radical (unpaired) electrons. The summed E-state index contributed by atoms with van der Waals surface area (Å²) >= 11 is 8.65. The summed E-state index contributed by atoms with van der Waals surface area (Å²) in [6.45, 7) is 8.71. The van der Waals surface area contributed by atoms with Gasteiger partial charge in [0, 0.05) is 16.3 Å². The van der Waals surface area contributed by atoms with Gasteiger partial charge in [0.05, 0.1) is 24.8 Å². The first-order valence-electron chi connectivity index (χ1n) is 14.6. The molecule has 46 heavy (non-hydrogen) atoms. The third-order valence-electron chi connectivity index (χ3n) is 6.86. The van der Waals surface area contributed by atoms with Crippen molar-refractivity contribution in [3.63, 3.8) is 0 Å². The summed E-state index contributed by atoms with van der Waals surface area (Å²) in [6, 6.07) is 18.3. The normalized spacial score (nSPS) is 15.6. The molecular weight excluding hydrogens is 646 g/mol. The maximum Gasteiger partial charge on any atom is 0.301 e. The zero-order valence-corrected chi connectivity index (χ0v) is 27.7. The van der Waals surface area contributed by atoms with E-state index in [-0.39, 0.29) is 23.1 Å². The fourth-order valence-electron chi connectivity index (χ4n) is 4.74. The minimum Gasteiger partial charge on any atom is -0.507 e. The molecule has 1 aliphatic heterocycles. The largest absolute Gasteiger partial charge is 0.507 e. The van der Waals surface area contributed by atoms with Crippen molar-refractivity contribution in [1.29, 1.82) is 0 Å². The maximum atomic E-state index is 13.7. The van der Waals surface area contributed by atoms with Crippen LogP contribution in [0.3, 0.4) is 0 Å². The lowest BCUT2D eigenvalue weighted by atomic mass is 9.95. The molecule has 3 aromatic carbocycles. The van der Waals surface area contributed by atoms with E-state index in [4.69, 9.17) is 25.8 Å². The highest BCUT2D eigenvalue weighted by molar-refractivity contribution is 8.00. The lowest BCUT2D eigenvalue weighted by Crippen LogP contribution is -2.29. The predicted octanol–water partition coefficient (Wildman–Crippen LogP) is 7.86. The molecule has 0 saturated carbocycles. The number of Topliss-reactive ketones (excluding diaryl/α,β-unsaturated/α-hetero) is 1. The van der Waals surface area contributed by atoms with E-state index in [2.05, 4.69) is 16.8 Å². The molecule has 1 fully saturated rings. The molecule has 2 heterocycles. The number of hydrogen-bond acceptors (Lipinski definition) is 10. The highest BCUT2D eigenvalue weighted by Gasteiger charge is 2.48. The summed E-state index contributed by atoms with van der Waals surface area (Å²) in [6.07, 6.45) is 2.47. The van der Waals surface area contributed by atoms with Gasteiger partial charge >= 0.3 is 5.91 Å². The summed E-state index contributed by atoms with van der Waals surface area (Å²) in [4.78, 5) is 28.7. The number of amides is 1. The molecule has 1 N–H and O–H groups in total. The van der Waals surface area contributed by atoms with E-state index in [0.29, 0.717) is 56.7 Å². The van der Waals surface area contributed by atoms with E-state index in [1.807, 2.05) is 38.1 Å². The average molecular weight is 678 g/mol. The molecule has 0 spiro atoms. The molecular formula is C34H32ClN3O6S2. The molecule has 1 aromatic heterocycles. The second-order valence-electron chi connectivity index (χ2n) is 10.0. The van der Waals surface area contributed by atoms with Crippen molar-refractivity contribution < 1.29 is 28.9 Å². The summed E-state index contributed by atoms with van der Waals surface area (Å²) in [5, 5.41) is 21.0. The van der Waals surface area contributed by atoms with Gasteiger partial charge in [-0.2, -0.15) is 0 Å². The second-order valence-corrected chi connectivity index (χ2v) is 12.7. The molecule has 0 aliphatic carbocycles. The Labute approximate surface area is 280 Å². The van der Waals surface area contributed by atoms with Crippen molar-refractivity contribution in [3.8, 4) is 17.2 Å². The standard InChI is InChI=1S/C34H32ClN3O6S2/c1-4-17-43-25-14-9-22(10-15-25)30(39)28-29(23-11-16-26(44-18-5-2)27(19-23)42-6-3)38(32(41)31(28)40)33-36-37-34(46-33)45-20-21-7-12-24(35)13-8-21/h5,7-16,19,29,39H,2,4,6,17-18,20H2,1,3H3. The zero-order valence-electron chi connectivity index (χ0n) is 25.3. The average Bonchev–Trinajstić information content (AvgIpc) is 3.64. The summed E-state index contributed by atoms with van der Waals surface area (Å²) in [7, 11) is 0. The number of benzene rings is 3. The van der Waals surface area contributed by atoms with Crippen LogP contribution in [0.5, 0.6) is 17.2 Å². The number of aliphatic hydroxyl groups excluding tert-OH is 1. The van der Waals surface area contributed by atoms with Crippen molar-refractivity contribution in [1.82, 2.24) is 10.2 Å². The second kappa shape index (κ2) is 15.3. The number of ketones is 1. The van der Waals surface area contributed by atoms with Gasteiger partial charge in [-0.3, -0.25) is 14.5 Å². The first kappa shape index (κ1) is 33.1. The molecule has 5 rings (SSSR count). The van der Waals surface area contributed by atoms with E-state index in [1.54, 1.807) is 48.5 Å². The van der Waals surface area contributed by atoms with E-state index >= 15 is 0 Å². The van der Waals surface area contributed by atoms with Gasteiger partial charge in [-0.25, -0.2) is 0 Å². The number of thioether (sulfide) groups is 1. The fraction of sp³-hybridized carbons (Fsp3) is 0.235. The minimum atomic E-state index is -1.02. The number of hydrogen-bond donors (Lipinski definition) is 1. The molecule has 1 unspecified atom stereocenters. The predicted molar refractivity (Wildman–Crippen MR) is 181 cm³/mol. The molecule has 238 valence electrons. The van der Waals surface area contributed by atoms with Crippen LogP contribution >= 0.6 is 34.7 Å². The number of anilines is 1. The number of carbonyl (C=O) groups excluding carboxylic acids is 2. The van der Waals surface area contributed by atoms with Crippen molar-refractivity contribution in [2.24, 2.45) is 0 Å². The smallest absolute Gasteiger partial charge is 0.301 e. The van der Waals surface area contributed by atoms with Crippen LogP contribution in [0.2, 0.25) is 5.02 Å². The maximum absolute atomic E-state index is 13.7. The number of nitrogens with zero attached hydrogens (tertiary/aromatic N) is 3. The minimum absolute atomic E-state index is 0.0833. The summed E-state index contributed by atoms with van der Waals surface area (Å²) in [5.74, 6) is 0.136. The topological polar surface area (TPSA) is 111 Å². The highest BCUT2D eigenvalue weighted by atomic mass is 35.5. The van der Waals surface area contributed by atoms with Crippen LogP contribution in [0.15, 0.2) is 89.3 Å². The van der Waals surface area contributed by atoms with E-state index in [9.17, 15) is 14.7 Å². The highest BCUT2D eigenvalue weighted by Crippen LogP contribution is 2.45. The van der Waals surface area contributed by atoms with Gasteiger partial charge in [-0.05, 0) is 73.0 Å². The Morgan fingerprint density at radius 3 is 2.48 bits per heavy atom. The summed E-state index contributed by atoms with van der Waals surface area (Å²) in [5.41, 5.74) is 1.84. The van der Waals surface area contributed by atoms with Crippen molar-refractivity contribution in [3.05, 3.63) is 107 Å². The Morgan fingerprint density at radius 2 is 1.78 bits per heavy atom. The van der Waals surface area contributed by atoms with Gasteiger partial charge in [0.25, 0.3) is 5.78 Å². The third-order valence-corrected chi connectivity index (χ3v) is 9.24. The number of aliphatic hydroxyl groups is 1. The molecule has 1 aliphatic rings. The Balaban J connectivity index is 1.56. The lowest BCUT2D eigenvalue weighted by molar-refractivity contribution is -0.132. The van der Waals surface area contributed by atoms with E-state index < -0.39 is 17.7 Å². The van der Waals surface area contributed by atoms with Gasteiger partial charge in [0.15, 0.2) is 15.8 Å².